The van der Waals surface area contributed by atoms with Crippen LogP contribution in [0.25, 0.3) is 0 Å². The summed E-state index contributed by atoms with van der Waals surface area (Å²) in [6, 6.07) is 11.4. The molecular weight excluding hydrogens is 508 g/mol. The number of anilines is 1. The highest BCUT2D eigenvalue weighted by molar-refractivity contribution is 7.90. The molecule has 1 saturated carbocycles. The van der Waals surface area contributed by atoms with Crippen LogP contribution < -0.4 is 10.1 Å². The van der Waals surface area contributed by atoms with E-state index in [9.17, 15) is 13.2 Å². The molecule has 0 spiro atoms. The minimum atomic E-state index is -3.08. The number of fused-ring (bicyclic) bond motifs is 2. The maximum absolute atomic E-state index is 12.5. The molecule has 1 aromatic carbocycles. The molecular formula is C27H38N4O6S. The van der Waals surface area contributed by atoms with Crippen molar-refractivity contribution in [1.82, 2.24) is 14.7 Å². The minimum absolute atomic E-state index is 0.0309. The van der Waals surface area contributed by atoms with Gasteiger partial charge in [-0.25, -0.2) is 13.2 Å². The first-order valence-corrected chi connectivity index (χ1v) is 15.6. The number of hydrogen-bond donors (Lipinski definition) is 1. The molecule has 1 N–H and O–H groups in total. The van der Waals surface area contributed by atoms with Gasteiger partial charge in [-0.2, -0.15) is 0 Å². The molecule has 208 valence electrons. The predicted octanol–water partition coefficient (Wildman–Crippen LogP) is 3.79. The van der Waals surface area contributed by atoms with E-state index in [4.69, 9.17) is 14.2 Å². The highest BCUT2D eigenvalue weighted by Gasteiger charge is 2.42. The van der Waals surface area contributed by atoms with E-state index in [1.54, 1.807) is 6.20 Å². The normalized spacial score (nSPS) is 25.7. The van der Waals surface area contributed by atoms with E-state index in [0.717, 1.165) is 44.5 Å². The van der Waals surface area contributed by atoms with Crippen molar-refractivity contribution in [2.75, 3.05) is 37.1 Å². The number of carbonyl (C=O) groups is 1. The Labute approximate surface area is 224 Å². The topological polar surface area (TPSA) is 112 Å². The van der Waals surface area contributed by atoms with Gasteiger partial charge in [0, 0.05) is 24.4 Å². The Balaban J connectivity index is 1.21. The molecule has 1 amide bonds. The minimum Gasteiger partial charge on any atom is -0.475 e. The molecule has 3 aliphatic rings. The number of ether oxygens (including phenoxy) is 3. The van der Waals surface area contributed by atoms with Crippen LogP contribution >= 0.6 is 0 Å². The Hall–Kier alpha value is -2.63. The van der Waals surface area contributed by atoms with Crippen LogP contribution in [0.5, 0.6) is 5.88 Å². The van der Waals surface area contributed by atoms with Crippen molar-refractivity contribution < 1.29 is 27.4 Å². The number of sulfone groups is 1. The summed E-state index contributed by atoms with van der Waals surface area (Å²) >= 11 is 0. The van der Waals surface area contributed by atoms with Crippen molar-refractivity contribution in [3.8, 4) is 5.88 Å². The summed E-state index contributed by atoms with van der Waals surface area (Å²) < 4.78 is 41.8. The highest BCUT2D eigenvalue weighted by atomic mass is 32.2. The number of benzene rings is 1. The number of carbonyl (C=O) groups excluding carboxylic acids is 1. The van der Waals surface area contributed by atoms with Crippen LogP contribution in [0.1, 0.15) is 56.6 Å². The van der Waals surface area contributed by atoms with Crippen molar-refractivity contribution in [3.05, 3.63) is 42.1 Å². The molecule has 2 aliphatic heterocycles. The second-order valence-corrected chi connectivity index (χ2v) is 12.9. The van der Waals surface area contributed by atoms with Gasteiger partial charge in [0.1, 0.15) is 22.1 Å². The monoisotopic (exact) mass is 546 g/mol. The number of aromatic nitrogens is 2. The summed E-state index contributed by atoms with van der Waals surface area (Å²) in [7, 11) is -3.08. The first-order chi connectivity index (χ1) is 18.4. The molecule has 3 fully saturated rings. The lowest BCUT2D eigenvalue weighted by Gasteiger charge is -2.43. The van der Waals surface area contributed by atoms with Gasteiger partial charge in [0.25, 0.3) is 5.88 Å². The van der Waals surface area contributed by atoms with Gasteiger partial charge in [-0.3, -0.25) is 14.9 Å². The van der Waals surface area contributed by atoms with E-state index in [0.29, 0.717) is 30.2 Å². The third kappa shape index (κ3) is 6.86. The van der Waals surface area contributed by atoms with E-state index in [1.165, 1.54) is 19.1 Å². The molecule has 2 saturated heterocycles. The zero-order chi connectivity index (χ0) is 26.5. The van der Waals surface area contributed by atoms with Gasteiger partial charge in [-0.15, -0.1) is 5.10 Å². The van der Waals surface area contributed by atoms with E-state index in [1.807, 2.05) is 35.0 Å². The maximum atomic E-state index is 12.5. The summed E-state index contributed by atoms with van der Waals surface area (Å²) in [5.74, 6) is 0.312. The van der Waals surface area contributed by atoms with Crippen molar-refractivity contribution in [3.63, 3.8) is 0 Å². The molecule has 2 bridgehead atoms. The standard InChI is InChI=1S/C27H38N4O6S/c1-38(33,34)15-5-14-36-26-25(28-27(32)37-17-20-6-3-2-4-7-20)16-30(29-26)21-8-10-22(11-9-21)31-23-12-13-24(31)19-35-18-23/h2-4,6-7,16,21-24H,5,8-15,17-19H2,1H3,(H,28,32)/t21-,22-,23-,24+. The van der Waals surface area contributed by atoms with Crippen molar-refractivity contribution >= 4 is 21.6 Å². The summed E-state index contributed by atoms with van der Waals surface area (Å²) in [4.78, 5) is 15.3. The van der Waals surface area contributed by atoms with Gasteiger partial charge < -0.3 is 14.2 Å². The molecule has 0 radical (unpaired) electrons. The Morgan fingerprint density at radius 1 is 1.03 bits per heavy atom. The van der Waals surface area contributed by atoms with Crippen molar-refractivity contribution in [1.29, 1.82) is 0 Å². The van der Waals surface area contributed by atoms with Crippen LogP contribution in [0, 0.1) is 0 Å². The molecule has 38 heavy (non-hydrogen) atoms. The molecule has 1 aliphatic carbocycles. The van der Waals surface area contributed by atoms with Gasteiger partial charge in [-0.05, 0) is 50.5 Å². The summed E-state index contributed by atoms with van der Waals surface area (Å²) in [6.45, 7) is 2.04. The fraction of sp³-hybridized carbons (Fsp3) is 0.630. The number of hydrogen-bond acceptors (Lipinski definition) is 8. The van der Waals surface area contributed by atoms with Crippen LogP contribution in [-0.4, -0.2) is 79.1 Å². The fourth-order valence-electron chi connectivity index (χ4n) is 5.99. The molecule has 5 rings (SSSR count). The van der Waals surface area contributed by atoms with E-state index in [2.05, 4.69) is 15.3 Å². The second-order valence-electron chi connectivity index (χ2n) is 10.7. The number of nitrogens with one attached hydrogen (secondary N) is 1. The third-order valence-electron chi connectivity index (χ3n) is 7.80. The lowest BCUT2D eigenvalue weighted by atomic mass is 9.89. The summed E-state index contributed by atoms with van der Waals surface area (Å²) in [5, 5.41) is 7.43. The van der Waals surface area contributed by atoms with Gasteiger partial charge in [0.05, 0.1) is 37.8 Å². The Bertz CT molecular complexity index is 1160. The van der Waals surface area contributed by atoms with Crippen LogP contribution in [0.3, 0.4) is 0 Å². The highest BCUT2D eigenvalue weighted by Crippen LogP contribution is 2.39. The quantitative estimate of drug-likeness (QED) is 0.448. The first kappa shape index (κ1) is 27.0. The van der Waals surface area contributed by atoms with E-state index < -0.39 is 15.9 Å². The van der Waals surface area contributed by atoms with Crippen LogP contribution in [0.2, 0.25) is 0 Å². The van der Waals surface area contributed by atoms with Gasteiger partial charge in [0.15, 0.2) is 0 Å². The Kier molecular flexibility index (Phi) is 8.54. The first-order valence-electron chi connectivity index (χ1n) is 13.6. The van der Waals surface area contributed by atoms with Gasteiger partial charge in [0.2, 0.25) is 0 Å². The van der Waals surface area contributed by atoms with Crippen LogP contribution in [0.4, 0.5) is 10.5 Å². The summed E-state index contributed by atoms with van der Waals surface area (Å²) in [6.07, 6.45) is 9.42. The van der Waals surface area contributed by atoms with Crippen LogP contribution in [0.15, 0.2) is 36.5 Å². The molecule has 1 aromatic heterocycles. The number of nitrogens with zero attached hydrogens (tertiary/aromatic N) is 3. The second kappa shape index (κ2) is 12.0. The molecule has 2 atom stereocenters. The molecule has 2 aromatic rings. The smallest absolute Gasteiger partial charge is 0.412 e. The lowest BCUT2D eigenvalue weighted by Crippen LogP contribution is -2.52. The average Bonchev–Trinajstić information content (AvgIpc) is 3.41. The van der Waals surface area contributed by atoms with E-state index >= 15 is 0 Å². The number of morpholine rings is 1. The molecule has 10 nitrogen and oxygen atoms in total. The van der Waals surface area contributed by atoms with Crippen molar-refractivity contribution in [2.45, 2.75) is 75.7 Å². The predicted molar refractivity (Wildman–Crippen MR) is 143 cm³/mol. The number of amides is 1. The SMILES string of the molecule is CS(=O)(=O)CCCOc1nn([C@H]2CC[C@H](N3[C@@H]4CC[C@H]3COC4)CC2)cc1NC(=O)OCc1ccccc1. The van der Waals surface area contributed by atoms with Gasteiger partial charge >= 0.3 is 6.09 Å². The molecule has 0 unspecified atom stereocenters. The molecule has 3 heterocycles. The fourth-order valence-corrected chi connectivity index (χ4v) is 6.63. The number of rotatable bonds is 10. The zero-order valence-corrected chi connectivity index (χ0v) is 22.8. The molecule has 11 heteroatoms. The lowest BCUT2D eigenvalue weighted by molar-refractivity contribution is -0.0458. The summed E-state index contributed by atoms with van der Waals surface area (Å²) in [5.41, 5.74) is 1.32. The average molecular weight is 547 g/mol. The van der Waals surface area contributed by atoms with Crippen molar-refractivity contribution in [2.24, 2.45) is 0 Å². The van der Waals surface area contributed by atoms with Gasteiger partial charge in [-0.1, -0.05) is 30.3 Å². The Morgan fingerprint density at radius 2 is 1.68 bits per heavy atom. The largest absolute Gasteiger partial charge is 0.475 e. The van der Waals surface area contributed by atoms with Crippen LogP contribution in [-0.2, 0) is 25.9 Å². The maximum Gasteiger partial charge on any atom is 0.412 e. The third-order valence-corrected chi connectivity index (χ3v) is 8.83. The zero-order valence-electron chi connectivity index (χ0n) is 22.0. The van der Waals surface area contributed by atoms with E-state index in [-0.39, 0.29) is 30.9 Å². The Morgan fingerprint density at radius 3 is 2.37 bits per heavy atom.